The number of hydrogen-bond acceptors (Lipinski definition) is 5. The van der Waals surface area contributed by atoms with Crippen LogP contribution in [0.15, 0.2) is 12.3 Å². The second-order valence-corrected chi connectivity index (χ2v) is 5.21. The second-order valence-electron chi connectivity index (χ2n) is 5.21. The molecule has 1 aromatic heterocycles. The number of anilines is 1. The van der Waals surface area contributed by atoms with Crippen molar-refractivity contribution in [1.29, 1.82) is 0 Å². The van der Waals surface area contributed by atoms with Gasteiger partial charge in [0, 0.05) is 24.8 Å². The average Bonchev–Trinajstić information content (AvgIpc) is 2.38. The van der Waals surface area contributed by atoms with Crippen LogP contribution in [0.1, 0.15) is 25.3 Å². The van der Waals surface area contributed by atoms with E-state index in [1.165, 1.54) is 6.07 Å². The quantitative estimate of drug-likeness (QED) is 0.671. The average molecular weight is 279 g/mol. The molecule has 1 saturated heterocycles. The van der Waals surface area contributed by atoms with Gasteiger partial charge in [0.05, 0.1) is 10.8 Å². The number of carboxylic acid groups (broad SMARTS) is 1. The van der Waals surface area contributed by atoms with E-state index in [-0.39, 0.29) is 17.6 Å². The third-order valence-corrected chi connectivity index (χ3v) is 3.68. The fourth-order valence-electron chi connectivity index (χ4n) is 2.61. The maximum absolute atomic E-state index is 11.1. The molecule has 2 rings (SSSR count). The van der Waals surface area contributed by atoms with E-state index < -0.39 is 10.9 Å². The molecule has 108 valence electrons. The minimum absolute atomic E-state index is 0.0226. The van der Waals surface area contributed by atoms with Crippen LogP contribution in [0.3, 0.4) is 0 Å². The van der Waals surface area contributed by atoms with Gasteiger partial charge in [-0.3, -0.25) is 14.9 Å². The van der Waals surface area contributed by atoms with Crippen LogP contribution >= 0.6 is 0 Å². The lowest BCUT2D eigenvalue weighted by Gasteiger charge is -2.36. The van der Waals surface area contributed by atoms with Gasteiger partial charge in [-0.25, -0.2) is 4.98 Å². The van der Waals surface area contributed by atoms with Crippen LogP contribution in [0.2, 0.25) is 0 Å². The van der Waals surface area contributed by atoms with Crippen LogP contribution in [0, 0.1) is 23.0 Å². The van der Waals surface area contributed by atoms with Gasteiger partial charge in [0.15, 0.2) is 0 Å². The molecule has 0 spiro atoms. The molecule has 0 saturated carbocycles. The third-order valence-electron chi connectivity index (χ3n) is 3.68. The summed E-state index contributed by atoms with van der Waals surface area (Å²) in [5.41, 5.74) is 0.708. The standard InChI is InChI=1S/C13H17N3O4/c1-8-5-11(16(19)20)12(14-7-8)15-4-3-10(13(17)18)6-9(15)2/h5,7,9-10H,3-4,6H2,1-2H3,(H,17,18). The van der Waals surface area contributed by atoms with Crippen LogP contribution in [-0.2, 0) is 4.79 Å². The van der Waals surface area contributed by atoms with E-state index in [1.807, 2.05) is 11.8 Å². The Kier molecular flexibility index (Phi) is 3.87. The Morgan fingerprint density at radius 3 is 2.85 bits per heavy atom. The van der Waals surface area contributed by atoms with Crippen molar-refractivity contribution in [3.05, 3.63) is 27.9 Å². The molecular weight excluding hydrogens is 262 g/mol. The summed E-state index contributed by atoms with van der Waals surface area (Å²) in [4.78, 5) is 27.7. The first-order valence-corrected chi connectivity index (χ1v) is 6.50. The topological polar surface area (TPSA) is 96.6 Å². The number of piperidine rings is 1. The highest BCUT2D eigenvalue weighted by Gasteiger charge is 2.33. The maximum Gasteiger partial charge on any atom is 0.311 e. The van der Waals surface area contributed by atoms with Crippen molar-refractivity contribution in [2.75, 3.05) is 11.4 Å². The van der Waals surface area contributed by atoms with Gasteiger partial charge in [0.2, 0.25) is 5.82 Å². The van der Waals surface area contributed by atoms with Crippen molar-refractivity contribution in [1.82, 2.24) is 4.98 Å². The number of rotatable bonds is 3. The molecule has 1 aliphatic heterocycles. The molecule has 0 amide bonds. The van der Waals surface area contributed by atoms with Crippen molar-refractivity contribution in [3.63, 3.8) is 0 Å². The van der Waals surface area contributed by atoms with Gasteiger partial charge in [0.25, 0.3) is 0 Å². The lowest BCUT2D eigenvalue weighted by atomic mass is 9.91. The van der Waals surface area contributed by atoms with Crippen molar-refractivity contribution in [2.45, 2.75) is 32.7 Å². The number of hydrogen-bond donors (Lipinski definition) is 1. The largest absolute Gasteiger partial charge is 0.481 e. The summed E-state index contributed by atoms with van der Waals surface area (Å²) in [6.45, 7) is 4.10. The summed E-state index contributed by atoms with van der Waals surface area (Å²) in [5.74, 6) is -0.856. The highest BCUT2D eigenvalue weighted by atomic mass is 16.6. The van der Waals surface area contributed by atoms with E-state index in [0.717, 1.165) is 5.56 Å². The molecule has 7 nitrogen and oxygen atoms in total. The molecule has 0 radical (unpaired) electrons. The summed E-state index contributed by atoms with van der Waals surface area (Å²) >= 11 is 0. The second kappa shape index (κ2) is 5.44. The molecule has 2 unspecified atom stereocenters. The third kappa shape index (κ3) is 2.71. The molecule has 7 heteroatoms. The Hall–Kier alpha value is -2.18. The molecule has 2 heterocycles. The molecule has 2 atom stereocenters. The SMILES string of the molecule is Cc1cnc(N2CCC(C(=O)O)CC2C)c([N+](=O)[O-])c1. The van der Waals surface area contributed by atoms with Crippen LogP contribution in [-0.4, -0.2) is 33.6 Å². The summed E-state index contributed by atoms with van der Waals surface area (Å²) in [6.07, 6.45) is 2.55. The van der Waals surface area contributed by atoms with E-state index in [9.17, 15) is 14.9 Å². The first-order valence-electron chi connectivity index (χ1n) is 6.50. The molecule has 1 aliphatic rings. The van der Waals surface area contributed by atoms with Gasteiger partial charge in [-0.2, -0.15) is 0 Å². The lowest BCUT2D eigenvalue weighted by Crippen LogP contribution is -2.43. The van der Waals surface area contributed by atoms with E-state index in [2.05, 4.69) is 4.98 Å². The van der Waals surface area contributed by atoms with Gasteiger partial charge in [0.1, 0.15) is 0 Å². The van der Waals surface area contributed by atoms with Crippen LogP contribution in [0.25, 0.3) is 0 Å². The van der Waals surface area contributed by atoms with E-state index >= 15 is 0 Å². The Labute approximate surface area is 116 Å². The zero-order valence-corrected chi connectivity index (χ0v) is 11.4. The molecule has 1 N–H and O–H groups in total. The van der Waals surface area contributed by atoms with Gasteiger partial charge >= 0.3 is 11.7 Å². The van der Waals surface area contributed by atoms with E-state index in [0.29, 0.717) is 25.2 Å². The van der Waals surface area contributed by atoms with Gasteiger partial charge in [-0.15, -0.1) is 0 Å². The van der Waals surface area contributed by atoms with Crippen LogP contribution < -0.4 is 4.90 Å². The van der Waals surface area contributed by atoms with Gasteiger partial charge in [-0.05, 0) is 32.3 Å². The number of carbonyl (C=O) groups is 1. The fourth-order valence-corrected chi connectivity index (χ4v) is 2.61. The number of aryl methyl sites for hydroxylation is 1. The number of nitrogens with zero attached hydrogens (tertiary/aromatic N) is 3. The summed E-state index contributed by atoms with van der Waals surface area (Å²) < 4.78 is 0. The lowest BCUT2D eigenvalue weighted by molar-refractivity contribution is -0.384. The molecule has 0 aromatic carbocycles. The number of aliphatic carboxylic acids is 1. The molecule has 1 aromatic rings. The van der Waals surface area contributed by atoms with E-state index in [1.54, 1.807) is 13.1 Å². The zero-order chi connectivity index (χ0) is 14.9. The number of pyridine rings is 1. The first kappa shape index (κ1) is 14.2. The van der Waals surface area contributed by atoms with Gasteiger partial charge in [-0.1, -0.05) is 0 Å². The summed E-state index contributed by atoms with van der Waals surface area (Å²) in [7, 11) is 0. The zero-order valence-electron chi connectivity index (χ0n) is 11.4. The van der Waals surface area contributed by atoms with Crippen molar-refractivity contribution < 1.29 is 14.8 Å². The van der Waals surface area contributed by atoms with Crippen molar-refractivity contribution in [2.24, 2.45) is 5.92 Å². The Morgan fingerprint density at radius 2 is 2.30 bits per heavy atom. The predicted octanol–water partition coefficient (Wildman–Crippen LogP) is 1.99. The number of nitro groups is 1. The predicted molar refractivity (Wildman–Crippen MR) is 72.8 cm³/mol. The monoisotopic (exact) mass is 279 g/mol. The maximum atomic E-state index is 11.1. The minimum Gasteiger partial charge on any atom is -0.481 e. The number of aromatic nitrogens is 1. The highest BCUT2D eigenvalue weighted by Crippen LogP contribution is 2.33. The highest BCUT2D eigenvalue weighted by molar-refractivity contribution is 5.71. The minimum atomic E-state index is -0.803. The van der Waals surface area contributed by atoms with Crippen LogP contribution in [0.4, 0.5) is 11.5 Å². The smallest absolute Gasteiger partial charge is 0.311 e. The Bertz CT molecular complexity index is 546. The van der Waals surface area contributed by atoms with Gasteiger partial charge < -0.3 is 10.0 Å². The first-order chi connectivity index (χ1) is 9.40. The van der Waals surface area contributed by atoms with E-state index in [4.69, 9.17) is 5.11 Å². The fraction of sp³-hybridized carbons (Fsp3) is 0.538. The summed E-state index contributed by atoms with van der Waals surface area (Å²) in [5, 5.41) is 20.2. The van der Waals surface area contributed by atoms with Crippen LogP contribution in [0.5, 0.6) is 0 Å². The normalized spacial score (nSPS) is 22.6. The Morgan fingerprint density at radius 1 is 1.60 bits per heavy atom. The molecule has 1 fully saturated rings. The molecule has 0 aliphatic carbocycles. The van der Waals surface area contributed by atoms with Crippen molar-refractivity contribution in [3.8, 4) is 0 Å². The molecule has 0 bridgehead atoms. The van der Waals surface area contributed by atoms with Crippen molar-refractivity contribution >= 4 is 17.5 Å². The summed E-state index contributed by atoms with van der Waals surface area (Å²) in [6, 6.07) is 1.41. The molecule has 20 heavy (non-hydrogen) atoms. The number of carboxylic acids is 1. The Balaban J connectivity index is 2.29. The molecular formula is C13H17N3O4.